The molecule has 3 heterocycles. The van der Waals surface area contributed by atoms with Crippen LogP contribution in [0.4, 0.5) is 0 Å². The van der Waals surface area contributed by atoms with Crippen LogP contribution in [0.25, 0.3) is 0 Å². The summed E-state index contributed by atoms with van der Waals surface area (Å²) in [7, 11) is 0. The van der Waals surface area contributed by atoms with Crippen molar-refractivity contribution >= 4 is 0 Å². The molecule has 0 fully saturated rings. The summed E-state index contributed by atoms with van der Waals surface area (Å²) in [5, 5.41) is 19.6. The zero-order chi connectivity index (χ0) is 14.8. The second kappa shape index (κ2) is 3.91. The van der Waals surface area contributed by atoms with Crippen LogP contribution < -0.4 is 18.9 Å². The molecule has 0 spiro atoms. The predicted octanol–water partition coefficient (Wildman–Crippen LogP) is 2.44. The minimum Gasteiger partial charge on any atom is -0.504 e. The van der Waals surface area contributed by atoms with Crippen LogP contribution in [0.3, 0.4) is 0 Å². The molecule has 3 aliphatic rings. The number of fused-ring (bicyclic) bond motifs is 7. The topological polar surface area (TPSA) is 77.4 Å². The molecule has 0 radical (unpaired) electrons. The van der Waals surface area contributed by atoms with Gasteiger partial charge < -0.3 is 29.2 Å². The molecule has 0 amide bonds. The molecular weight excluding hydrogens is 288 g/mol. The Hall–Kier alpha value is -2.76. The smallest absolute Gasteiger partial charge is 0.231 e. The Morgan fingerprint density at radius 2 is 1.73 bits per heavy atom. The lowest BCUT2D eigenvalue weighted by Crippen LogP contribution is -2.23. The molecule has 0 aliphatic carbocycles. The van der Waals surface area contributed by atoms with Gasteiger partial charge in [0.15, 0.2) is 23.0 Å². The molecule has 2 aromatic carbocycles. The van der Waals surface area contributed by atoms with Crippen molar-refractivity contribution in [2.75, 3.05) is 13.4 Å². The van der Waals surface area contributed by atoms with Gasteiger partial charge in [0.2, 0.25) is 18.3 Å². The van der Waals surface area contributed by atoms with Gasteiger partial charge in [0.25, 0.3) is 0 Å². The summed E-state index contributed by atoms with van der Waals surface area (Å²) in [5.74, 6) is 1.76. The van der Waals surface area contributed by atoms with Crippen molar-refractivity contribution in [1.29, 1.82) is 0 Å². The maximum absolute atomic E-state index is 10.0. The van der Waals surface area contributed by atoms with Gasteiger partial charge >= 0.3 is 0 Å². The van der Waals surface area contributed by atoms with E-state index in [2.05, 4.69) is 0 Å². The molecule has 0 unspecified atom stereocenters. The van der Waals surface area contributed by atoms with Crippen LogP contribution in [-0.4, -0.2) is 23.6 Å². The molecule has 0 saturated heterocycles. The highest BCUT2D eigenvalue weighted by Crippen LogP contribution is 2.58. The minimum atomic E-state index is -0.277. The highest BCUT2D eigenvalue weighted by Gasteiger charge is 2.44. The van der Waals surface area contributed by atoms with Crippen molar-refractivity contribution in [3.05, 3.63) is 35.4 Å². The Morgan fingerprint density at radius 3 is 2.64 bits per heavy atom. The normalized spacial score (nSPS) is 23.1. The third-order valence-corrected chi connectivity index (χ3v) is 4.39. The molecule has 2 aromatic rings. The van der Waals surface area contributed by atoms with Gasteiger partial charge in [0.05, 0.1) is 12.5 Å². The summed E-state index contributed by atoms with van der Waals surface area (Å²) in [6.45, 7) is 0.591. The lowest BCUT2D eigenvalue weighted by atomic mass is 9.89. The van der Waals surface area contributed by atoms with Crippen molar-refractivity contribution in [3.63, 3.8) is 0 Å². The first-order chi connectivity index (χ1) is 10.7. The zero-order valence-electron chi connectivity index (χ0n) is 11.4. The summed E-state index contributed by atoms with van der Waals surface area (Å²) < 4.78 is 22.6. The van der Waals surface area contributed by atoms with Gasteiger partial charge in [-0.3, -0.25) is 0 Å². The molecule has 2 atom stereocenters. The van der Waals surface area contributed by atoms with Crippen LogP contribution in [0.1, 0.15) is 23.1 Å². The highest BCUT2D eigenvalue weighted by molar-refractivity contribution is 5.63. The molecule has 0 saturated carbocycles. The zero-order valence-corrected chi connectivity index (χ0v) is 11.4. The van der Waals surface area contributed by atoms with Gasteiger partial charge in [0.1, 0.15) is 6.10 Å². The number of benzene rings is 2. The first kappa shape index (κ1) is 11.9. The Bertz CT molecular complexity index is 800. The number of ether oxygens (including phenoxy) is 4. The number of aromatic hydroxyl groups is 2. The van der Waals surface area contributed by atoms with Crippen LogP contribution in [0.5, 0.6) is 34.5 Å². The average Bonchev–Trinajstić information content (AvgIpc) is 3.15. The van der Waals surface area contributed by atoms with E-state index in [9.17, 15) is 10.2 Å². The van der Waals surface area contributed by atoms with Gasteiger partial charge in [0, 0.05) is 11.1 Å². The van der Waals surface area contributed by atoms with E-state index in [1.807, 2.05) is 12.1 Å². The van der Waals surface area contributed by atoms with E-state index in [1.54, 1.807) is 6.07 Å². The van der Waals surface area contributed by atoms with E-state index in [0.717, 1.165) is 11.1 Å². The third-order valence-electron chi connectivity index (χ3n) is 4.39. The molecule has 3 aliphatic heterocycles. The van der Waals surface area contributed by atoms with Crippen LogP contribution in [0.15, 0.2) is 24.3 Å². The fraction of sp³-hybridized carbons (Fsp3) is 0.250. The lowest BCUT2D eigenvalue weighted by Gasteiger charge is -2.28. The molecule has 22 heavy (non-hydrogen) atoms. The maximum atomic E-state index is 10.0. The van der Waals surface area contributed by atoms with E-state index in [4.69, 9.17) is 18.9 Å². The Balaban J connectivity index is 1.65. The van der Waals surface area contributed by atoms with Crippen molar-refractivity contribution < 1.29 is 29.2 Å². The molecule has 0 bridgehead atoms. The monoisotopic (exact) mass is 300 g/mol. The fourth-order valence-electron chi connectivity index (χ4n) is 3.33. The number of rotatable bonds is 0. The van der Waals surface area contributed by atoms with Crippen molar-refractivity contribution in [2.24, 2.45) is 0 Å². The molecular formula is C16H12O6. The van der Waals surface area contributed by atoms with E-state index in [1.165, 1.54) is 6.07 Å². The second-order valence-electron chi connectivity index (χ2n) is 5.53. The molecule has 6 heteroatoms. The summed E-state index contributed by atoms with van der Waals surface area (Å²) in [6, 6.07) is 6.95. The average molecular weight is 300 g/mol. The first-order valence-electron chi connectivity index (χ1n) is 7.01. The van der Waals surface area contributed by atoms with E-state index in [0.29, 0.717) is 29.6 Å². The van der Waals surface area contributed by atoms with Crippen LogP contribution in [0.2, 0.25) is 0 Å². The van der Waals surface area contributed by atoms with E-state index >= 15 is 0 Å². The summed E-state index contributed by atoms with van der Waals surface area (Å²) in [4.78, 5) is 0. The number of hydrogen-bond donors (Lipinski definition) is 2. The molecule has 6 nitrogen and oxygen atoms in total. The second-order valence-corrected chi connectivity index (χ2v) is 5.53. The molecule has 0 aromatic heterocycles. The first-order valence-corrected chi connectivity index (χ1v) is 7.01. The standard InChI is InChI=1S/C16H12O6/c17-10-3-1-7-9-5-19-15-8(13(9)22-14(7)12(10)18)2-4-11-16(15)21-6-20-11/h1-4,9,13,17-18H,5-6H2/t9-,13-/m1/s1. The third kappa shape index (κ3) is 1.34. The number of phenols is 2. The molecule has 2 N–H and O–H groups in total. The fourth-order valence-corrected chi connectivity index (χ4v) is 3.33. The van der Waals surface area contributed by atoms with Gasteiger partial charge in [-0.1, -0.05) is 6.07 Å². The predicted molar refractivity (Wildman–Crippen MR) is 73.9 cm³/mol. The van der Waals surface area contributed by atoms with Crippen LogP contribution >= 0.6 is 0 Å². The van der Waals surface area contributed by atoms with Crippen molar-refractivity contribution in [2.45, 2.75) is 12.0 Å². The van der Waals surface area contributed by atoms with Gasteiger partial charge in [-0.2, -0.15) is 0 Å². The summed E-state index contributed by atoms with van der Waals surface area (Å²) in [5.41, 5.74) is 1.69. The van der Waals surface area contributed by atoms with Crippen molar-refractivity contribution in [3.8, 4) is 34.5 Å². The SMILES string of the molecule is Oc1ccc2c(c1O)O[C@@H]1c3ccc4c(c3OC[C@H]21)OCO4. The largest absolute Gasteiger partial charge is 0.504 e. The van der Waals surface area contributed by atoms with Crippen molar-refractivity contribution in [1.82, 2.24) is 0 Å². The summed E-state index contributed by atoms with van der Waals surface area (Å²) >= 11 is 0. The highest BCUT2D eigenvalue weighted by atomic mass is 16.7. The van der Waals surface area contributed by atoms with Gasteiger partial charge in [-0.05, 0) is 18.2 Å². The lowest BCUT2D eigenvalue weighted by molar-refractivity contribution is 0.129. The number of hydrogen-bond acceptors (Lipinski definition) is 6. The minimum absolute atomic E-state index is 0.0330. The molecule has 5 rings (SSSR count). The maximum Gasteiger partial charge on any atom is 0.231 e. The quantitative estimate of drug-likeness (QED) is 0.728. The Labute approximate surface area is 125 Å². The number of phenolic OH excluding ortho intramolecular Hbond substituents is 2. The Kier molecular flexibility index (Phi) is 2.11. The summed E-state index contributed by atoms with van der Waals surface area (Å²) in [6.07, 6.45) is -0.277. The Morgan fingerprint density at radius 1 is 0.864 bits per heavy atom. The van der Waals surface area contributed by atoms with E-state index in [-0.39, 0.29) is 30.3 Å². The molecule has 112 valence electrons. The van der Waals surface area contributed by atoms with Gasteiger partial charge in [-0.25, -0.2) is 0 Å². The van der Waals surface area contributed by atoms with Crippen LogP contribution in [0, 0.1) is 0 Å². The van der Waals surface area contributed by atoms with E-state index < -0.39 is 0 Å². The van der Waals surface area contributed by atoms with Crippen LogP contribution in [-0.2, 0) is 0 Å². The van der Waals surface area contributed by atoms with Gasteiger partial charge in [-0.15, -0.1) is 0 Å².